The summed E-state index contributed by atoms with van der Waals surface area (Å²) >= 11 is 0. The smallest absolute Gasteiger partial charge is 0.156 e. The Labute approximate surface area is 292 Å². The zero-order valence-electron chi connectivity index (χ0n) is 28.7. The van der Waals surface area contributed by atoms with E-state index in [1.165, 1.54) is 44.2 Å². The Hall–Kier alpha value is -6.38. The molecule has 0 aliphatic heterocycles. The Morgan fingerprint density at radius 3 is 1.92 bits per heavy atom. The molecule has 2 aromatic heterocycles. The summed E-state index contributed by atoms with van der Waals surface area (Å²) in [6.45, 7) is 10.1. The molecule has 0 aliphatic rings. The van der Waals surface area contributed by atoms with E-state index >= 15 is 0 Å². The first-order chi connectivity index (χ1) is 24.3. The zero-order chi connectivity index (χ0) is 35.0. The van der Waals surface area contributed by atoms with Crippen molar-refractivity contribution in [1.29, 1.82) is 10.5 Å². The van der Waals surface area contributed by atoms with Gasteiger partial charge in [-0.05, 0) is 115 Å². The summed E-state index contributed by atoms with van der Waals surface area (Å²) in [5.41, 5.74) is 9.92. The Morgan fingerprint density at radius 2 is 1.18 bits per heavy atom. The van der Waals surface area contributed by atoms with E-state index in [4.69, 9.17) is 10.5 Å². The van der Waals surface area contributed by atoms with E-state index < -0.39 is 0 Å². The number of rotatable bonds is 8. The molecule has 0 radical (unpaired) electrons. The molecule has 7 aromatic rings. The van der Waals surface area contributed by atoms with Gasteiger partial charge in [-0.2, -0.15) is 15.6 Å². The van der Waals surface area contributed by atoms with E-state index in [1.54, 1.807) is 24.7 Å². The minimum atomic E-state index is 0.612. The number of hydrogen-bond acceptors (Lipinski definition) is 8. The van der Waals surface area contributed by atoms with E-state index in [9.17, 15) is 0 Å². The molecule has 0 saturated carbocycles. The third-order valence-electron chi connectivity index (χ3n) is 9.06. The Morgan fingerprint density at radius 1 is 0.560 bits per heavy atom. The number of aryl methyl sites for hydroxylation is 4. The predicted molar refractivity (Wildman–Crippen MR) is 202 cm³/mol. The summed E-state index contributed by atoms with van der Waals surface area (Å²) in [6, 6.07) is 33.0. The van der Waals surface area contributed by atoms with Crippen LogP contribution in [0.15, 0.2) is 97.5 Å². The van der Waals surface area contributed by atoms with E-state index in [-0.39, 0.29) is 0 Å². The number of benzene rings is 5. The summed E-state index contributed by atoms with van der Waals surface area (Å²) in [7, 11) is 0. The fourth-order valence-corrected chi connectivity index (χ4v) is 5.88. The third-order valence-corrected chi connectivity index (χ3v) is 9.06. The molecule has 0 spiro atoms. The fourth-order valence-electron chi connectivity index (χ4n) is 5.88. The molecule has 8 heteroatoms. The van der Waals surface area contributed by atoms with Crippen molar-refractivity contribution in [2.75, 3.05) is 23.7 Å². The molecule has 2 N–H and O–H groups in total. The first-order valence-electron chi connectivity index (χ1n) is 16.7. The van der Waals surface area contributed by atoms with Crippen LogP contribution in [0.3, 0.4) is 0 Å². The maximum Gasteiger partial charge on any atom is 0.156 e. The lowest BCUT2D eigenvalue weighted by atomic mass is 10.00. The minimum Gasteiger partial charge on any atom is -0.369 e. The van der Waals surface area contributed by atoms with Gasteiger partial charge in [0, 0.05) is 29.2 Å². The van der Waals surface area contributed by atoms with Crippen molar-refractivity contribution in [2.24, 2.45) is 0 Å². The summed E-state index contributed by atoms with van der Waals surface area (Å²) in [5, 5.41) is 38.5. The van der Waals surface area contributed by atoms with Gasteiger partial charge in [-0.1, -0.05) is 54.6 Å². The van der Waals surface area contributed by atoms with Gasteiger partial charge in [0.15, 0.2) is 5.82 Å². The molecule has 2 heterocycles. The predicted octanol–water partition coefficient (Wildman–Crippen LogP) is 8.70. The van der Waals surface area contributed by atoms with Crippen LogP contribution >= 0.6 is 0 Å². The molecule has 0 saturated heterocycles. The molecule has 0 bridgehead atoms. The van der Waals surface area contributed by atoms with Gasteiger partial charge >= 0.3 is 0 Å². The van der Waals surface area contributed by atoms with E-state index in [0.29, 0.717) is 11.1 Å². The highest BCUT2D eigenvalue weighted by atomic mass is 15.2. The molecular weight excluding hydrogens is 617 g/mol. The van der Waals surface area contributed by atoms with Crippen molar-refractivity contribution >= 4 is 44.1 Å². The summed E-state index contributed by atoms with van der Waals surface area (Å²) in [5.74, 6) is 1.49. The zero-order valence-corrected chi connectivity index (χ0v) is 28.7. The van der Waals surface area contributed by atoms with Crippen LogP contribution in [-0.4, -0.2) is 33.3 Å². The largest absolute Gasteiger partial charge is 0.369 e. The molecule has 0 atom stereocenters. The topological polar surface area (TPSA) is 123 Å². The molecule has 0 aliphatic carbocycles. The quantitative estimate of drug-likeness (QED) is 0.167. The lowest BCUT2D eigenvalue weighted by Crippen LogP contribution is -2.07. The molecule has 246 valence electrons. The van der Waals surface area contributed by atoms with Gasteiger partial charge in [-0.25, -0.2) is 9.97 Å². The number of hydrogen-bond donors (Lipinski definition) is 2. The molecule has 7 rings (SSSR count). The van der Waals surface area contributed by atoms with E-state index in [1.807, 2.05) is 24.3 Å². The van der Waals surface area contributed by atoms with E-state index in [0.717, 1.165) is 59.2 Å². The number of fused-ring (bicyclic) bond motifs is 3. The summed E-state index contributed by atoms with van der Waals surface area (Å²) in [6.07, 6.45) is 5.08. The van der Waals surface area contributed by atoms with Crippen LogP contribution in [0.2, 0.25) is 0 Å². The van der Waals surface area contributed by atoms with Gasteiger partial charge in [0.1, 0.15) is 12.1 Å². The van der Waals surface area contributed by atoms with Gasteiger partial charge in [0.25, 0.3) is 0 Å². The van der Waals surface area contributed by atoms with Crippen molar-refractivity contribution in [2.45, 2.75) is 40.5 Å². The lowest BCUT2D eigenvalue weighted by molar-refractivity contribution is 0.974. The highest BCUT2D eigenvalue weighted by Crippen LogP contribution is 2.24. The number of anilines is 2. The Bertz CT molecular complexity index is 2420. The Kier molecular flexibility index (Phi) is 10.2. The molecule has 0 fully saturated rings. The average Bonchev–Trinajstić information content (AvgIpc) is 3.13. The molecule has 5 aromatic carbocycles. The Balaban J connectivity index is 0.000000175. The first kappa shape index (κ1) is 33.5. The van der Waals surface area contributed by atoms with Crippen molar-refractivity contribution in [3.63, 3.8) is 0 Å². The van der Waals surface area contributed by atoms with Gasteiger partial charge in [-0.15, -0.1) is 5.10 Å². The van der Waals surface area contributed by atoms with Gasteiger partial charge in [0.2, 0.25) is 0 Å². The molecule has 0 unspecified atom stereocenters. The maximum atomic E-state index is 9.12. The van der Waals surface area contributed by atoms with Crippen LogP contribution in [0.1, 0.15) is 44.5 Å². The van der Waals surface area contributed by atoms with Gasteiger partial charge in [-0.3, -0.25) is 0 Å². The van der Waals surface area contributed by atoms with Crippen molar-refractivity contribution in [3.8, 4) is 12.1 Å². The minimum absolute atomic E-state index is 0.612. The molecular formula is C42H38N8. The summed E-state index contributed by atoms with van der Waals surface area (Å²) < 4.78 is 0. The summed E-state index contributed by atoms with van der Waals surface area (Å²) in [4.78, 5) is 8.63. The number of nitrogens with zero attached hydrogens (tertiary/aromatic N) is 6. The first-order valence-corrected chi connectivity index (χ1v) is 16.7. The fraction of sp³-hybridized carbons (Fsp3) is 0.190. The molecule has 0 amide bonds. The van der Waals surface area contributed by atoms with Crippen LogP contribution < -0.4 is 10.6 Å². The standard InChI is InChI=1S/C23H20N4.C19H18N4/c1-15-9-19-5-3-17(11-20(19)10-16(15)2)7-8-25-23-21-12-18(13-24)4-6-22(21)26-14-27-23;1-13-3-4-15(9-14(13)2)7-8-21-19-18-10-16(11-20)5-6-17(18)12-22-23-19/h3-6,9-12,14H,7-8H2,1-2H3,(H,25,26,27);3-6,9-10,12H,7-8H2,1-2H3,(H,21,23). The van der Waals surface area contributed by atoms with Gasteiger partial charge < -0.3 is 10.6 Å². The SMILES string of the molecule is Cc1cc2ccc(CCNc3ncnc4ccc(C#N)cc34)cc2cc1C.Cc1ccc(CCNc2nncc3ccc(C#N)cc23)cc1C. The van der Waals surface area contributed by atoms with Crippen molar-refractivity contribution in [3.05, 3.63) is 142 Å². The maximum absolute atomic E-state index is 9.12. The average molecular weight is 655 g/mol. The molecule has 50 heavy (non-hydrogen) atoms. The van der Waals surface area contributed by atoms with Crippen molar-refractivity contribution in [1.82, 2.24) is 20.2 Å². The highest BCUT2D eigenvalue weighted by Gasteiger charge is 2.07. The van der Waals surface area contributed by atoms with Crippen molar-refractivity contribution < 1.29 is 0 Å². The van der Waals surface area contributed by atoms with Crippen LogP contribution in [0.4, 0.5) is 11.6 Å². The van der Waals surface area contributed by atoms with Gasteiger partial charge in [0.05, 0.1) is 35.0 Å². The van der Waals surface area contributed by atoms with Crippen LogP contribution in [0, 0.1) is 50.4 Å². The third kappa shape index (κ3) is 7.84. The normalized spacial score (nSPS) is 10.7. The number of nitriles is 2. The number of nitrogens with one attached hydrogen (secondary N) is 2. The highest BCUT2D eigenvalue weighted by molar-refractivity contribution is 5.92. The van der Waals surface area contributed by atoms with E-state index in [2.05, 4.69) is 119 Å². The van der Waals surface area contributed by atoms with Crippen LogP contribution in [0.25, 0.3) is 32.4 Å². The van der Waals surface area contributed by atoms with Crippen LogP contribution in [-0.2, 0) is 12.8 Å². The second-order valence-electron chi connectivity index (χ2n) is 12.6. The molecule has 8 nitrogen and oxygen atoms in total. The second kappa shape index (κ2) is 15.2. The second-order valence-corrected chi connectivity index (χ2v) is 12.6. The van der Waals surface area contributed by atoms with Crippen LogP contribution in [0.5, 0.6) is 0 Å². The lowest BCUT2D eigenvalue weighted by Gasteiger charge is -2.10. The monoisotopic (exact) mass is 654 g/mol. The number of aromatic nitrogens is 4.